The molecule has 0 saturated carbocycles. The maximum atomic E-state index is 13.2. The van der Waals surface area contributed by atoms with Crippen LogP contribution in [0.2, 0.25) is 0 Å². The predicted molar refractivity (Wildman–Crippen MR) is 112 cm³/mol. The van der Waals surface area contributed by atoms with E-state index in [4.69, 9.17) is 13.3 Å². The number of fused-ring (bicyclic) bond motifs is 1. The zero-order valence-corrected chi connectivity index (χ0v) is 18.0. The van der Waals surface area contributed by atoms with Gasteiger partial charge in [-0.05, 0) is 39.3 Å². The molecule has 2 aromatic heterocycles. The van der Waals surface area contributed by atoms with Gasteiger partial charge in [-0.15, -0.1) is 0 Å². The van der Waals surface area contributed by atoms with Gasteiger partial charge in [-0.1, -0.05) is 17.7 Å². The highest BCUT2D eigenvalue weighted by Gasteiger charge is 2.24. The second kappa shape index (κ2) is 8.45. The van der Waals surface area contributed by atoms with Gasteiger partial charge < -0.3 is 17.9 Å². The second-order valence-electron chi connectivity index (χ2n) is 7.02. The van der Waals surface area contributed by atoms with Crippen molar-refractivity contribution in [2.24, 2.45) is 0 Å². The zero-order chi connectivity index (χ0) is 22.1. The topological polar surface area (TPSA) is 105 Å². The Kier molecular flexibility index (Phi) is 6.14. The van der Waals surface area contributed by atoms with Crippen molar-refractivity contribution in [1.82, 2.24) is 4.57 Å². The molecule has 2 heterocycles. The molecular formula is C21H23NO7S. The van der Waals surface area contributed by atoms with Crippen LogP contribution in [0.25, 0.3) is 11.0 Å². The van der Waals surface area contributed by atoms with Crippen molar-refractivity contribution < 1.29 is 21.8 Å². The third kappa shape index (κ3) is 4.17. The molecule has 9 heteroatoms. The number of ether oxygens (including phenoxy) is 1. The summed E-state index contributed by atoms with van der Waals surface area (Å²) in [5.74, 6) is -0.313. The van der Waals surface area contributed by atoms with Crippen molar-refractivity contribution in [3.8, 4) is 5.75 Å². The Balaban J connectivity index is 2.21. The maximum Gasteiger partial charge on any atom is 0.342 e. The van der Waals surface area contributed by atoms with Crippen molar-refractivity contribution in [2.45, 2.75) is 38.6 Å². The number of rotatable bonds is 7. The Labute approximate surface area is 173 Å². The van der Waals surface area contributed by atoms with Gasteiger partial charge >= 0.3 is 15.7 Å². The molecule has 3 aromatic rings. The fraction of sp³-hybridized carbons (Fsp3) is 0.333. The van der Waals surface area contributed by atoms with E-state index in [-0.39, 0.29) is 27.2 Å². The lowest BCUT2D eigenvalue weighted by molar-refractivity contribution is 0.190. The summed E-state index contributed by atoms with van der Waals surface area (Å²) in [5, 5.41) is -0.0918. The molecule has 30 heavy (non-hydrogen) atoms. The van der Waals surface area contributed by atoms with E-state index >= 15 is 0 Å². The van der Waals surface area contributed by atoms with Gasteiger partial charge in [0.05, 0.1) is 5.56 Å². The summed E-state index contributed by atoms with van der Waals surface area (Å²) in [5.41, 5.74) is 0.0654. The lowest BCUT2D eigenvalue weighted by atomic mass is 10.2. The minimum Gasteiger partial charge on any atom is -0.422 e. The molecule has 0 radical (unpaired) electrons. The molecule has 3 rings (SSSR count). The Hall–Kier alpha value is -2.91. The summed E-state index contributed by atoms with van der Waals surface area (Å²) in [6.45, 7) is 5.71. The quantitative estimate of drug-likeness (QED) is 0.417. The first kappa shape index (κ1) is 21.8. The molecule has 1 aromatic carbocycles. The van der Waals surface area contributed by atoms with Crippen molar-refractivity contribution >= 4 is 21.1 Å². The molecule has 0 bridgehead atoms. The summed E-state index contributed by atoms with van der Waals surface area (Å²) in [4.78, 5) is 25.4. The van der Waals surface area contributed by atoms with Crippen molar-refractivity contribution in [3.05, 3.63) is 67.9 Å². The minimum atomic E-state index is -4.27. The monoisotopic (exact) mass is 433 g/mol. The standard InChI is InChI=1S/C21H23NO7S/c1-13-6-8-16(9-7-13)30(25,26)29-19-15(3)21(24)28-17-12-14(2)22(10-5-11-27-4)20(23)18(17)19/h6-9,12H,5,10-11H2,1-4H3. The largest absolute Gasteiger partial charge is 0.422 e. The summed E-state index contributed by atoms with van der Waals surface area (Å²) < 4.78 is 42.7. The first-order valence-electron chi connectivity index (χ1n) is 9.33. The number of methoxy groups -OCH3 is 1. The normalized spacial score (nSPS) is 11.7. The molecule has 0 N–H and O–H groups in total. The maximum absolute atomic E-state index is 13.2. The number of nitrogens with zero attached hydrogens (tertiary/aromatic N) is 1. The number of aromatic nitrogens is 1. The Bertz CT molecular complexity index is 1300. The second-order valence-corrected chi connectivity index (χ2v) is 8.57. The van der Waals surface area contributed by atoms with E-state index in [0.29, 0.717) is 25.3 Å². The molecule has 8 nitrogen and oxygen atoms in total. The van der Waals surface area contributed by atoms with E-state index in [0.717, 1.165) is 5.56 Å². The van der Waals surface area contributed by atoms with Crippen molar-refractivity contribution in [2.75, 3.05) is 13.7 Å². The fourth-order valence-corrected chi connectivity index (χ4v) is 4.09. The molecule has 0 aliphatic rings. The van der Waals surface area contributed by atoms with E-state index < -0.39 is 21.3 Å². The lowest BCUT2D eigenvalue weighted by Crippen LogP contribution is -2.25. The molecule has 0 fully saturated rings. The zero-order valence-electron chi connectivity index (χ0n) is 17.2. The van der Waals surface area contributed by atoms with Gasteiger partial charge in [0, 0.05) is 32.0 Å². The highest BCUT2D eigenvalue weighted by molar-refractivity contribution is 7.87. The minimum absolute atomic E-state index is 0.0230. The molecule has 0 aliphatic heterocycles. The first-order valence-corrected chi connectivity index (χ1v) is 10.7. The Morgan fingerprint density at radius 1 is 1.07 bits per heavy atom. The summed E-state index contributed by atoms with van der Waals surface area (Å²) in [6.07, 6.45) is 0.580. The number of pyridine rings is 1. The van der Waals surface area contributed by atoms with Crippen LogP contribution in [-0.4, -0.2) is 26.7 Å². The van der Waals surface area contributed by atoms with Crippen molar-refractivity contribution in [3.63, 3.8) is 0 Å². The molecule has 160 valence electrons. The third-order valence-corrected chi connectivity index (χ3v) is 6.02. The smallest absolute Gasteiger partial charge is 0.342 e. The van der Waals surface area contributed by atoms with Gasteiger partial charge in [0.15, 0.2) is 5.75 Å². The third-order valence-electron chi connectivity index (χ3n) is 4.78. The van der Waals surface area contributed by atoms with Crippen LogP contribution < -0.4 is 15.4 Å². The number of benzene rings is 1. The van der Waals surface area contributed by atoms with Crippen LogP contribution in [0.15, 0.2) is 49.2 Å². The first-order chi connectivity index (χ1) is 14.2. The number of hydrogen-bond acceptors (Lipinski definition) is 7. The van der Waals surface area contributed by atoms with Gasteiger partial charge in [-0.2, -0.15) is 8.42 Å². The van der Waals surface area contributed by atoms with Gasteiger partial charge in [-0.25, -0.2) is 4.79 Å². The van der Waals surface area contributed by atoms with Crippen LogP contribution >= 0.6 is 0 Å². The molecular weight excluding hydrogens is 410 g/mol. The van der Waals surface area contributed by atoms with E-state index in [1.54, 1.807) is 26.2 Å². The molecule has 0 aliphatic carbocycles. The average molecular weight is 433 g/mol. The lowest BCUT2D eigenvalue weighted by Gasteiger charge is -2.14. The Morgan fingerprint density at radius 2 is 1.73 bits per heavy atom. The van der Waals surface area contributed by atoms with Crippen LogP contribution in [-0.2, 0) is 21.4 Å². The van der Waals surface area contributed by atoms with Crippen LogP contribution in [0.5, 0.6) is 5.75 Å². The van der Waals surface area contributed by atoms with Crippen molar-refractivity contribution in [1.29, 1.82) is 0 Å². The molecule has 0 atom stereocenters. The van der Waals surface area contributed by atoms with Crippen LogP contribution in [0, 0.1) is 20.8 Å². The van der Waals surface area contributed by atoms with Gasteiger partial charge in [0.1, 0.15) is 15.9 Å². The van der Waals surface area contributed by atoms with Gasteiger partial charge in [-0.3, -0.25) is 4.79 Å². The highest BCUT2D eigenvalue weighted by atomic mass is 32.2. The van der Waals surface area contributed by atoms with Crippen LogP contribution in [0.1, 0.15) is 23.2 Å². The van der Waals surface area contributed by atoms with E-state index in [9.17, 15) is 18.0 Å². The summed E-state index contributed by atoms with van der Waals surface area (Å²) in [7, 11) is -2.70. The molecule has 0 amide bonds. The molecule has 0 unspecified atom stereocenters. The van der Waals surface area contributed by atoms with E-state index in [1.165, 1.54) is 29.7 Å². The fourth-order valence-electron chi connectivity index (χ4n) is 3.10. The van der Waals surface area contributed by atoms with E-state index in [1.807, 2.05) is 6.92 Å². The summed E-state index contributed by atoms with van der Waals surface area (Å²) >= 11 is 0. The van der Waals surface area contributed by atoms with Gasteiger partial charge in [0.2, 0.25) is 0 Å². The molecule has 0 saturated heterocycles. The van der Waals surface area contributed by atoms with Crippen LogP contribution in [0.4, 0.5) is 0 Å². The van der Waals surface area contributed by atoms with Gasteiger partial charge in [0.25, 0.3) is 5.56 Å². The SMILES string of the molecule is COCCCn1c(C)cc2oc(=O)c(C)c(OS(=O)(=O)c3ccc(C)cc3)c2c1=O. The molecule has 0 spiro atoms. The average Bonchev–Trinajstić information content (AvgIpc) is 2.68. The number of hydrogen-bond donors (Lipinski definition) is 0. The predicted octanol–water partition coefficient (Wildman–Crippen LogP) is 2.68. The highest BCUT2D eigenvalue weighted by Crippen LogP contribution is 2.28. The Morgan fingerprint density at radius 3 is 2.37 bits per heavy atom. The van der Waals surface area contributed by atoms with E-state index in [2.05, 4.69) is 0 Å². The number of aryl methyl sites for hydroxylation is 2. The summed E-state index contributed by atoms with van der Waals surface area (Å²) in [6, 6.07) is 7.59. The van der Waals surface area contributed by atoms with Crippen LogP contribution in [0.3, 0.4) is 0 Å².